The Bertz CT molecular complexity index is 674. The summed E-state index contributed by atoms with van der Waals surface area (Å²) in [6.45, 7) is 0.0858. The molecule has 2 aromatic rings. The van der Waals surface area contributed by atoms with Crippen LogP contribution in [0.4, 0.5) is 13.2 Å². The lowest BCUT2D eigenvalue weighted by Gasteiger charge is -2.10. The second-order valence-corrected chi connectivity index (χ2v) is 4.26. The number of hydrogen-bond acceptors (Lipinski definition) is 4. The van der Waals surface area contributed by atoms with E-state index in [9.17, 15) is 18.0 Å². The second-order valence-electron chi connectivity index (χ2n) is 4.26. The van der Waals surface area contributed by atoms with Gasteiger partial charge in [0.05, 0.1) is 7.11 Å². The molecule has 1 aromatic heterocycles. The number of nitrogens with one attached hydrogen (secondary N) is 1. The third kappa shape index (κ3) is 3.72. The van der Waals surface area contributed by atoms with Gasteiger partial charge in [-0.3, -0.25) is 4.79 Å². The number of carbonyl (C=O) groups excluding carboxylic acids is 1. The van der Waals surface area contributed by atoms with Crippen molar-refractivity contribution in [3.8, 4) is 5.75 Å². The van der Waals surface area contributed by atoms with E-state index in [4.69, 9.17) is 4.74 Å². The highest BCUT2D eigenvalue weighted by Gasteiger charge is 2.33. The zero-order valence-electron chi connectivity index (χ0n) is 11.5. The molecule has 1 N–H and O–H groups in total. The number of para-hydroxylation sites is 1. The first-order chi connectivity index (χ1) is 10.4. The van der Waals surface area contributed by atoms with Gasteiger partial charge in [-0.05, 0) is 12.1 Å². The lowest BCUT2D eigenvalue weighted by Crippen LogP contribution is -2.26. The molecule has 0 saturated heterocycles. The van der Waals surface area contributed by atoms with E-state index in [0.717, 1.165) is 6.20 Å². The first-order valence-corrected chi connectivity index (χ1v) is 6.22. The number of rotatable bonds is 4. The zero-order chi connectivity index (χ0) is 16.2. The van der Waals surface area contributed by atoms with E-state index in [2.05, 4.69) is 15.3 Å². The summed E-state index contributed by atoms with van der Waals surface area (Å²) in [7, 11) is 1.48. The standard InChI is InChI=1S/C14H12F3N3O2/c1-22-10-5-3-2-4-9(10)8-19-13(21)12-18-7-6-11(20-12)14(15,16)17/h2-7H,8H2,1H3,(H,19,21). The summed E-state index contributed by atoms with van der Waals surface area (Å²) >= 11 is 0. The van der Waals surface area contributed by atoms with Gasteiger partial charge in [-0.15, -0.1) is 0 Å². The van der Waals surface area contributed by atoms with Crippen LogP contribution in [0.25, 0.3) is 0 Å². The maximum absolute atomic E-state index is 12.5. The molecule has 0 bridgehead atoms. The maximum Gasteiger partial charge on any atom is 0.433 e. The molecule has 1 amide bonds. The molecule has 116 valence electrons. The number of carbonyl (C=O) groups is 1. The summed E-state index contributed by atoms with van der Waals surface area (Å²) < 4.78 is 42.7. The third-order valence-electron chi connectivity index (χ3n) is 2.78. The smallest absolute Gasteiger partial charge is 0.433 e. The zero-order valence-corrected chi connectivity index (χ0v) is 11.5. The van der Waals surface area contributed by atoms with Crippen molar-refractivity contribution in [2.24, 2.45) is 0 Å². The van der Waals surface area contributed by atoms with Crippen molar-refractivity contribution in [3.05, 3.63) is 53.6 Å². The molecule has 0 unspecified atom stereocenters. The molecule has 0 radical (unpaired) electrons. The van der Waals surface area contributed by atoms with Crippen LogP contribution in [0.1, 0.15) is 21.9 Å². The highest BCUT2D eigenvalue weighted by Crippen LogP contribution is 2.26. The van der Waals surface area contributed by atoms with Crippen LogP contribution in [0.5, 0.6) is 5.75 Å². The van der Waals surface area contributed by atoms with E-state index < -0.39 is 23.6 Å². The number of nitrogens with zero attached hydrogens (tertiary/aromatic N) is 2. The minimum absolute atomic E-state index is 0.0858. The van der Waals surface area contributed by atoms with Crippen LogP contribution in [0.2, 0.25) is 0 Å². The van der Waals surface area contributed by atoms with Crippen molar-refractivity contribution in [2.45, 2.75) is 12.7 Å². The molecule has 0 aliphatic carbocycles. The Morgan fingerprint density at radius 1 is 1.27 bits per heavy atom. The Kier molecular flexibility index (Phi) is 4.59. The van der Waals surface area contributed by atoms with Gasteiger partial charge in [-0.25, -0.2) is 9.97 Å². The Morgan fingerprint density at radius 2 is 2.00 bits per heavy atom. The molecule has 2 rings (SSSR count). The van der Waals surface area contributed by atoms with Crippen molar-refractivity contribution < 1.29 is 22.7 Å². The average Bonchev–Trinajstić information content (AvgIpc) is 2.52. The molecule has 22 heavy (non-hydrogen) atoms. The molecule has 0 spiro atoms. The van der Waals surface area contributed by atoms with Gasteiger partial charge in [0.2, 0.25) is 5.82 Å². The lowest BCUT2D eigenvalue weighted by molar-refractivity contribution is -0.141. The van der Waals surface area contributed by atoms with Crippen molar-refractivity contribution in [1.82, 2.24) is 15.3 Å². The van der Waals surface area contributed by atoms with E-state index in [-0.39, 0.29) is 6.54 Å². The maximum atomic E-state index is 12.5. The summed E-state index contributed by atoms with van der Waals surface area (Å²) in [5, 5.41) is 2.46. The average molecular weight is 311 g/mol. The minimum Gasteiger partial charge on any atom is -0.496 e. The molecule has 0 fully saturated rings. The van der Waals surface area contributed by atoms with Crippen molar-refractivity contribution in [3.63, 3.8) is 0 Å². The molecule has 0 atom stereocenters. The SMILES string of the molecule is COc1ccccc1CNC(=O)c1nccc(C(F)(F)F)n1. The molecule has 1 aromatic carbocycles. The molecule has 8 heteroatoms. The molecule has 0 saturated carbocycles. The van der Waals surface area contributed by atoms with Gasteiger partial charge >= 0.3 is 6.18 Å². The molecule has 0 aliphatic heterocycles. The quantitative estimate of drug-likeness (QED) is 0.942. The van der Waals surface area contributed by atoms with Crippen LogP contribution in [0.15, 0.2) is 36.5 Å². The number of methoxy groups -OCH3 is 1. The van der Waals surface area contributed by atoms with Gasteiger partial charge in [-0.2, -0.15) is 13.2 Å². The molecule has 0 aliphatic rings. The van der Waals surface area contributed by atoms with Gasteiger partial charge in [0.1, 0.15) is 11.4 Å². The number of hydrogen-bond donors (Lipinski definition) is 1. The van der Waals surface area contributed by atoms with E-state index >= 15 is 0 Å². The van der Waals surface area contributed by atoms with Crippen LogP contribution in [-0.4, -0.2) is 23.0 Å². The normalized spacial score (nSPS) is 11.1. The van der Waals surface area contributed by atoms with Crippen molar-refractivity contribution in [2.75, 3.05) is 7.11 Å². The second kappa shape index (κ2) is 6.42. The van der Waals surface area contributed by atoms with Crippen LogP contribution in [-0.2, 0) is 12.7 Å². The third-order valence-corrected chi connectivity index (χ3v) is 2.78. The number of halogens is 3. The fourth-order valence-electron chi connectivity index (χ4n) is 1.73. The largest absolute Gasteiger partial charge is 0.496 e. The predicted octanol–water partition coefficient (Wildman–Crippen LogP) is 2.43. The first-order valence-electron chi connectivity index (χ1n) is 6.22. The Hall–Kier alpha value is -2.64. The van der Waals surface area contributed by atoms with Crippen LogP contribution in [0.3, 0.4) is 0 Å². The number of aromatic nitrogens is 2. The number of amides is 1. The van der Waals surface area contributed by atoms with Crippen molar-refractivity contribution >= 4 is 5.91 Å². The monoisotopic (exact) mass is 311 g/mol. The van der Waals surface area contributed by atoms with Gasteiger partial charge in [0.25, 0.3) is 5.91 Å². The highest BCUT2D eigenvalue weighted by molar-refractivity contribution is 5.90. The summed E-state index contributed by atoms with van der Waals surface area (Å²) in [4.78, 5) is 18.6. The Morgan fingerprint density at radius 3 is 2.68 bits per heavy atom. The number of benzene rings is 1. The highest BCUT2D eigenvalue weighted by atomic mass is 19.4. The van der Waals surface area contributed by atoms with Gasteiger partial charge in [-0.1, -0.05) is 18.2 Å². The van der Waals surface area contributed by atoms with Crippen LogP contribution in [0, 0.1) is 0 Å². The van der Waals surface area contributed by atoms with E-state index in [1.54, 1.807) is 24.3 Å². The van der Waals surface area contributed by atoms with Gasteiger partial charge < -0.3 is 10.1 Å². The summed E-state index contributed by atoms with van der Waals surface area (Å²) in [5.41, 5.74) is -0.477. The fourth-order valence-corrected chi connectivity index (χ4v) is 1.73. The summed E-state index contributed by atoms with van der Waals surface area (Å²) in [6, 6.07) is 7.66. The van der Waals surface area contributed by atoms with Crippen molar-refractivity contribution in [1.29, 1.82) is 0 Å². The summed E-state index contributed by atoms with van der Waals surface area (Å²) in [5.74, 6) is -0.769. The van der Waals surface area contributed by atoms with Gasteiger partial charge in [0, 0.05) is 18.3 Å². The predicted molar refractivity (Wildman–Crippen MR) is 71.2 cm³/mol. The van der Waals surface area contributed by atoms with E-state index in [1.807, 2.05) is 0 Å². The van der Waals surface area contributed by atoms with Crippen LogP contribution >= 0.6 is 0 Å². The lowest BCUT2D eigenvalue weighted by atomic mass is 10.2. The molecular weight excluding hydrogens is 299 g/mol. The summed E-state index contributed by atoms with van der Waals surface area (Å²) in [6.07, 6.45) is -3.73. The number of alkyl halides is 3. The number of ether oxygens (including phenoxy) is 1. The molecular formula is C14H12F3N3O2. The van der Waals surface area contributed by atoms with Gasteiger partial charge in [0.15, 0.2) is 0 Å². The molecule has 1 heterocycles. The fraction of sp³-hybridized carbons (Fsp3) is 0.214. The minimum atomic E-state index is -4.62. The Labute approximate surface area is 124 Å². The molecule has 5 nitrogen and oxygen atoms in total. The van der Waals surface area contributed by atoms with Crippen LogP contribution < -0.4 is 10.1 Å². The first kappa shape index (κ1) is 15.7. The van der Waals surface area contributed by atoms with E-state index in [1.165, 1.54) is 7.11 Å². The van der Waals surface area contributed by atoms with E-state index in [0.29, 0.717) is 17.4 Å². The topological polar surface area (TPSA) is 64.1 Å². The Balaban J connectivity index is 2.10.